The van der Waals surface area contributed by atoms with Crippen LogP contribution in [-0.2, 0) is 9.09 Å². The van der Waals surface area contributed by atoms with Crippen molar-refractivity contribution in [2.24, 2.45) is 0 Å². The zero-order valence-electron chi connectivity index (χ0n) is 5.68. The molecule has 5 heteroatoms. The topological polar surface area (TPSA) is 38.3 Å². The average molecular weight is 228 g/mol. The molecular formula is C5H11BrNO2P. The molecule has 0 bridgehead atoms. The van der Waals surface area contributed by atoms with Crippen LogP contribution in [-0.4, -0.2) is 24.6 Å². The molecule has 1 saturated heterocycles. The minimum Gasteiger partial charge on any atom is -0.317 e. The maximum absolute atomic E-state index is 11.5. The second-order valence-corrected chi connectivity index (χ2v) is 5.34. The summed E-state index contributed by atoms with van der Waals surface area (Å²) in [6.45, 7) is 1.46. The summed E-state index contributed by atoms with van der Waals surface area (Å²) in [5, 5.41) is 3.63. The summed E-state index contributed by atoms with van der Waals surface area (Å²) in [5.41, 5.74) is 0. The van der Waals surface area contributed by atoms with Crippen molar-refractivity contribution in [2.45, 2.75) is 6.42 Å². The van der Waals surface area contributed by atoms with E-state index < -0.39 is 7.52 Å². The van der Waals surface area contributed by atoms with Gasteiger partial charge in [-0.15, -0.1) is 0 Å². The van der Waals surface area contributed by atoms with Crippen LogP contribution in [0, 0.1) is 0 Å². The van der Waals surface area contributed by atoms with Crippen LogP contribution in [0.2, 0.25) is 0 Å². The molecule has 1 fully saturated rings. The summed E-state index contributed by atoms with van der Waals surface area (Å²) in [7, 11) is -2.41. The van der Waals surface area contributed by atoms with Gasteiger partial charge in [0.15, 0.2) is 0 Å². The Morgan fingerprint density at radius 2 is 2.50 bits per heavy atom. The Labute approximate surface area is 69.2 Å². The van der Waals surface area contributed by atoms with Crippen molar-refractivity contribution >= 4 is 23.4 Å². The third kappa shape index (κ3) is 2.35. The number of alkyl halides is 1. The molecule has 0 radical (unpaired) electrons. The van der Waals surface area contributed by atoms with Crippen LogP contribution in [0.4, 0.5) is 0 Å². The minimum atomic E-state index is -2.41. The van der Waals surface area contributed by atoms with E-state index in [1.165, 1.54) is 0 Å². The van der Waals surface area contributed by atoms with Crippen LogP contribution >= 0.6 is 23.4 Å². The normalized spacial score (nSPS) is 34.1. The molecule has 1 rings (SSSR count). The molecular weight excluding hydrogens is 217 g/mol. The first-order valence-electron chi connectivity index (χ1n) is 3.31. The lowest BCUT2D eigenvalue weighted by Crippen LogP contribution is -2.23. The van der Waals surface area contributed by atoms with E-state index >= 15 is 0 Å². The predicted molar refractivity (Wildman–Crippen MR) is 44.8 cm³/mol. The van der Waals surface area contributed by atoms with Gasteiger partial charge in [-0.05, 0) is 6.42 Å². The van der Waals surface area contributed by atoms with Gasteiger partial charge in [-0.25, -0.2) is 5.09 Å². The number of halogens is 1. The van der Waals surface area contributed by atoms with Gasteiger partial charge in [0.2, 0.25) is 0 Å². The summed E-state index contributed by atoms with van der Waals surface area (Å²) < 4.78 is 16.6. The number of rotatable bonds is 2. The molecule has 0 amide bonds. The second-order valence-electron chi connectivity index (χ2n) is 2.18. The Balaban J connectivity index is 2.41. The van der Waals surface area contributed by atoms with Crippen molar-refractivity contribution in [1.29, 1.82) is 0 Å². The van der Waals surface area contributed by atoms with E-state index in [2.05, 4.69) is 21.0 Å². The van der Waals surface area contributed by atoms with Gasteiger partial charge < -0.3 is 4.52 Å². The van der Waals surface area contributed by atoms with Gasteiger partial charge in [-0.1, -0.05) is 15.9 Å². The van der Waals surface area contributed by atoms with Gasteiger partial charge in [-0.2, -0.15) is 0 Å². The molecule has 1 atom stereocenters. The quantitative estimate of drug-likeness (QED) is 0.576. The average Bonchev–Trinajstić information content (AvgIpc) is 1.89. The molecule has 0 spiro atoms. The Bertz CT molecular complexity index is 134. The molecule has 1 N–H and O–H groups in total. The number of hydrogen-bond acceptors (Lipinski definition) is 2. The molecule has 1 heterocycles. The third-order valence-electron chi connectivity index (χ3n) is 1.35. The van der Waals surface area contributed by atoms with Gasteiger partial charge in [0.1, 0.15) is 0 Å². The fourth-order valence-electron chi connectivity index (χ4n) is 0.834. The molecule has 1 aliphatic heterocycles. The van der Waals surface area contributed by atoms with Crippen molar-refractivity contribution in [3.63, 3.8) is 0 Å². The highest BCUT2D eigenvalue weighted by Gasteiger charge is 2.24. The Morgan fingerprint density at radius 3 is 3.00 bits per heavy atom. The lowest BCUT2D eigenvalue weighted by molar-refractivity contribution is 0.278. The number of hydrogen-bond donors (Lipinski definition) is 1. The van der Waals surface area contributed by atoms with Gasteiger partial charge in [0.05, 0.1) is 6.61 Å². The predicted octanol–water partition coefficient (Wildman–Crippen LogP) is 1.58. The maximum Gasteiger partial charge on any atom is 0.270 e. The first-order valence-corrected chi connectivity index (χ1v) is 6.25. The van der Waals surface area contributed by atoms with Crippen molar-refractivity contribution in [3.8, 4) is 0 Å². The van der Waals surface area contributed by atoms with Crippen LogP contribution in [0.5, 0.6) is 0 Å². The number of nitrogens with one attached hydrogen (secondary N) is 1. The Kier molecular flexibility index (Phi) is 3.37. The molecule has 0 saturated carbocycles. The van der Waals surface area contributed by atoms with E-state index in [1.807, 2.05) is 0 Å². The van der Waals surface area contributed by atoms with E-state index in [9.17, 15) is 4.57 Å². The molecule has 0 aromatic rings. The lowest BCUT2D eigenvalue weighted by Gasteiger charge is -2.23. The van der Waals surface area contributed by atoms with E-state index in [4.69, 9.17) is 4.52 Å². The van der Waals surface area contributed by atoms with E-state index in [0.717, 1.165) is 18.3 Å². The SMILES string of the molecule is O=P1(CCBr)NCCCO1. The monoisotopic (exact) mass is 227 g/mol. The van der Waals surface area contributed by atoms with Crippen LogP contribution < -0.4 is 5.09 Å². The molecule has 0 aromatic carbocycles. The van der Waals surface area contributed by atoms with Gasteiger partial charge >= 0.3 is 0 Å². The van der Waals surface area contributed by atoms with Crippen molar-refractivity contribution in [3.05, 3.63) is 0 Å². The van der Waals surface area contributed by atoms with Gasteiger partial charge in [-0.3, -0.25) is 4.57 Å². The van der Waals surface area contributed by atoms with Crippen LogP contribution in [0.15, 0.2) is 0 Å². The molecule has 0 aromatic heterocycles. The van der Waals surface area contributed by atoms with Crippen LogP contribution in [0.25, 0.3) is 0 Å². The van der Waals surface area contributed by atoms with Crippen molar-refractivity contribution in [1.82, 2.24) is 5.09 Å². The fourth-order valence-corrected chi connectivity index (χ4v) is 3.76. The van der Waals surface area contributed by atoms with Crippen molar-refractivity contribution in [2.75, 3.05) is 24.6 Å². The molecule has 10 heavy (non-hydrogen) atoms. The van der Waals surface area contributed by atoms with Gasteiger partial charge in [0.25, 0.3) is 7.52 Å². The Morgan fingerprint density at radius 1 is 1.70 bits per heavy atom. The van der Waals surface area contributed by atoms with Crippen molar-refractivity contribution < 1.29 is 9.09 Å². The van der Waals surface area contributed by atoms with Crippen LogP contribution in [0.1, 0.15) is 6.42 Å². The van der Waals surface area contributed by atoms with E-state index in [0.29, 0.717) is 12.8 Å². The fraction of sp³-hybridized carbons (Fsp3) is 1.00. The second kappa shape index (κ2) is 3.86. The highest BCUT2D eigenvalue weighted by Crippen LogP contribution is 2.43. The smallest absolute Gasteiger partial charge is 0.270 e. The zero-order valence-corrected chi connectivity index (χ0v) is 8.16. The highest BCUT2D eigenvalue weighted by molar-refractivity contribution is 9.09. The largest absolute Gasteiger partial charge is 0.317 e. The van der Waals surface area contributed by atoms with Gasteiger partial charge in [0, 0.05) is 18.0 Å². The molecule has 3 nitrogen and oxygen atoms in total. The first-order chi connectivity index (χ1) is 4.77. The lowest BCUT2D eigenvalue weighted by atomic mass is 10.5. The summed E-state index contributed by atoms with van der Waals surface area (Å²) >= 11 is 3.23. The Hall–Kier alpha value is 0.630. The highest BCUT2D eigenvalue weighted by atomic mass is 79.9. The summed E-state index contributed by atoms with van der Waals surface area (Å²) in [6.07, 6.45) is 1.55. The molecule has 60 valence electrons. The summed E-state index contributed by atoms with van der Waals surface area (Å²) in [5.74, 6) is 0. The third-order valence-corrected chi connectivity index (χ3v) is 4.48. The standard InChI is InChI=1S/C5H11BrNO2P/c6-2-5-10(8)7-3-1-4-9-10/h1-5H2,(H,7,8). The maximum atomic E-state index is 11.5. The van der Waals surface area contributed by atoms with E-state index in [1.54, 1.807) is 0 Å². The summed E-state index contributed by atoms with van der Waals surface area (Å²) in [4.78, 5) is 0. The molecule has 0 aliphatic carbocycles. The first kappa shape index (κ1) is 8.72. The zero-order chi connectivity index (χ0) is 7.45. The summed E-state index contributed by atoms with van der Waals surface area (Å²) in [6, 6.07) is 0. The van der Waals surface area contributed by atoms with Crippen LogP contribution in [0.3, 0.4) is 0 Å². The molecule has 1 aliphatic rings. The molecule has 1 unspecified atom stereocenters. The minimum absolute atomic E-state index is 0.590. The van der Waals surface area contributed by atoms with E-state index in [-0.39, 0.29) is 0 Å².